The summed E-state index contributed by atoms with van der Waals surface area (Å²) in [6.07, 6.45) is 1.81. The molecule has 1 aliphatic heterocycles. The van der Waals surface area contributed by atoms with Crippen LogP contribution in [0.2, 0.25) is 0 Å². The molecule has 4 amide bonds. The fraction of sp³-hybridized carbons (Fsp3) is 0.333. The Bertz CT molecular complexity index is 2270. The van der Waals surface area contributed by atoms with Crippen molar-refractivity contribution in [3.8, 4) is 12.1 Å². The van der Waals surface area contributed by atoms with E-state index in [2.05, 4.69) is 12.1 Å². The standard InChI is InChI=1S/C39H36N4O4/c1-19(2)12-22(6)42(18-44)37(45)29-14-24(16-40)32-27-10-11-28-34-30(39(47)43(38(28)46)23(7)13-20(3)4)15-25(17-41)33(36(27)34)26-9-8-21(5)31(29)35(26)32/h8-11,14-15,18-20,22-23H,12-13H2,1-7H3. The number of carbonyl (C=O) groups is 4. The summed E-state index contributed by atoms with van der Waals surface area (Å²) in [7, 11) is 0. The summed E-state index contributed by atoms with van der Waals surface area (Å²) in [6, 6.07) is 14.2. The summed E-state index contributed by atoms with van der Waals surface area (Å²) in [5.74, 6) is -0.819. The van der Waals surface area contributed by atoms with Crippen molar-refractivity contribution < 1.29 is 19.2 Å². The smallest absolute Gasteiger partial charge is 0.261 e. The molecule has 6 rings (SSSR count). The summed E-state index contributed by atoms with van der Waals surface area (Å²) in [5, 5.41) is 25.7. The van der Waals surface area contributed by atoms with Gasteiger partial charge in [0.2, 0.25) is 6.41 Å². The Labute approximate surface area is 273 Å². The molecule has 2 atom stereocenters. The molecule has 1 heterocycles. The first-order valence-corrected chi connectivity index (χ1v) is 16.1. The molecule has 0 radical (unpaired) electrons. The third kappa shape index (κ3) is 4.62. The minimum Gasteiger partial charge on any atom is -0.278 e. The van der Waals surface area contributed by atoms with E-state index in [1.54, 1.807) is 24.3 Å². The highest BCUT2D eigenvalue weighted by atomic mass is 16.2. The van der Waals surface area contributed by atoms with Gasteiger partial charge in [-0.1, -0.05) is 45.9 Å². The Morgan fingerprint density at radius 3 is 1.89 bits per heavy atom. The maximum atomic E-state index is 14.1. The predicted molar refractivity (Wildman–Crippen MR) is 182 cm³/mol. The van der Waals surface area contributed by atoms with Crippen molar-refractivity contribution in [3.05, 3.63) is 69.8 Å². The molecule has 8 nitrogen and oxygen atoms in total. The fourth-order valence-corrected chi connectivity index (χ4v) is 7.80. The number of carbonyl (C=O) groups excluding carboxylic acids is 4. The van der Waals surface area contributed by atoms with E-state index in [0.29, 0.717) is 67.9 Å². The number of hydrogen-bond donors (Lipinski definition) is 0. The lowest BCUT2D eigenvalue weighted by atomic mass is 9.80. The summed E-state index contributed by atoms with van der Waals surface area (Å²) in [4.78, 5) is 57.0. The van der Waals surface area contributed by atoms with Gasteiger partial charge < -0.3 is 0 Å². The van der Waals surface area contributed by atoms with Crippen molar-refractivity contribution in [2.75, 3.05) is 0 Å². The normalized spacial score (nSPS) is 14.4. The lowest BCUT2D eigenvalue weighted by Gasteiger charge is -2.33. The average Bonchev–Trinajstić information content (AvgIpc) is 3.02. The molecule has 1 aliphatic rings. The lowest BCUT2D eigenvalue weighted by molar-refractivity contribution is -0.117. The molecule has 0 saturated heterocycles. The highest BCUT2D eigenvalue weighted by Crippen LogP contribution is 2.47. The highest BCUT2D eigenvalue weighted by molar-refractivity contribution is 6.40. The molecule has 0 aromatic heterocycles. The van der Waals surface area contributed by atoms with Crippen LogP contribution in [0.15, 0.2) is 36.4 Å². The van der Waals surface area contributed by atoms with E-state index in [1.807, 2.05) is 60.6 Å². The van der Waals surface area contributed by atoms with E-state index in [9.17, 15) is 29.7 Å². The van der Waals surface area contributed by atoms with Crippen LogP contribution in [-0.4, -0.2) is 46.0 Å². The third-order valence-electron chi connectivity index (χ3n) is 9.57. The Morgan fingerprint density at radius 2 is 1.32 bits per heavy atom. The summed E-state index contributed by atoms with van der Waals surface area (Å²) in [6.45, 7) is 13.7. The van der Waals surface area contributed by atoms with Gasteiger partial charge in [-0.2, -0.15) is 10.5 Å². The SMILES string of the molecule is Cc1ccc2c3c(C#N)cc4c5c(ccc(c6c(C#N)cc(C(=O)N(C=O)C(C)CC(C)C)c1c26)c53)C(=O)N(C(C)CC(C)C)C4=O. The lowest BCUT2D eigenvalue weighted by Crippen LogP contribution is -2.46. The molecule has 5 aromatic rings. The van der Waals surface area contributed by atoms with E-state index in [0.717, 1.165) is 5.56 Å². The van der Waals surface area contributed by atoms with Gasteiger partial charge in [0.1, 0.15) is 0 Å². The molecule has 0 saturated carbocycles. The van der Waals surface area contributed by atoms with Crippen LogP contribution in [0.4, 0.5) is 0 Å². The molecule has 8 heteroatoms. The van der Waals surface area contributed by atoms with Crippen LogP contribution in [0.5, 0.6) is 0 Å². The zero-order valence-corrected chi connectivity index (χ0v) is 27.7. The first-order chi connectivity index (χ1) is 22.4. The molecule has 236 valence electrons. The quantitative estimate of drug-likeness (QED) is 0.0750. The summed E-state index contributed by atoms with van der Waals surface area (Å²) >= 11 is 0. The molecule has 47 heavy (non-hydrogen) atoms. The Balaban J connectivity index is 1.75. The monoisotopic (exact) mass is 624 g/mol. The Morgan fingerprint density at radius 1 is 0.766 bits per heavy atom. The predicted octanol–water partition coefficient (Wildman–Crippen LogP) is 7.85. The van der Waals surface area contributed by atoms with Crippen molar-refractivity contribution in [3.63, 3.8) is 0 Å². The van der Waals surface area contributed by atoms with Gasteiger partial charge in [-0.3, -0.25) is 29.0 Å². The van der Waals surface area contributed by atoms with Crippen molar-refractivity contribution in [1.29, 1.82) is 10.5 Å². The van der Waals surface area contributed by atoms with Crippen LogP contribution >= 0.6 is 0 Å². The van der Waals surface area contributed by atoms with Crippen molar-refractivity contribution in [1.82, 2.24) is 9.80 Å². The fourth-order valence-electron chi connectivity index (χ4n) is 7.80. The number of aryl methyl sites for hydroxylation is 1. The van der Waals surface area contributed by atoms with E-state index >= 15 is 0 Å². The van der Waals surface area contributed by atoms with Crippen molar-refractivity contribution >= 4 is 67.2 Å². The van der Waals surface area contributed by atoms with E-state index in [1.165, 1.54) is 9.80 Å². The second kappa shape index (κ2) is 11.5. The molecule has 0 fully saturated rings. The molecule has 5 aromatic carbocycles. The zero-order chi connectivity index (χ0) is 34.1. The molecule has 0 bridgehead atoms. The van der Waals surface area contributed by atoms with E-state index in [-0.39, 0.29) is 52.1 Å². The average molecular weight is 625 g/mol. The molecular formula is C39H36N4O4. The number of nitriles is 2. The number of nitrogens with zero attached hydrogens (tertiary/aromatic N) is 4. The van der Waals surface area contributed by atoms with Gasteiger partial charge in [0.25, 0.3) is 17.7 Å². The molecule has 0 spiro atoms. The Hall–Kier alpha value is -5.34. The number of hydrogen-bond acceptors (Lipinski definition) is 6. The Kier molecular flexibility index (Phi) is 7.72. The van der Waals surface area contributed by atoms with Crippen LogP contribution in [0, 0.1) is 41.4 Å². The first kappa shape index (κ1) is 31.6. The third-order valence-corrected chi connectivity index (χ3v) is 9.57. The van der Waals surface area contributed by atoms with Crippen molar-refractivity contribution in [2.45, 2.75) is 73.4 Å². The van der Waals surface area contributed by atoms with Gasteiger partial charge in [-0.15, -0.1) is 0 Å². The van der Waals surface area contributed by atoms with Gasteiger partial charge in [0.05, 0.1) is 28.8 Å². The maximum Gasteiger partial charge on any atom is 0.261 e. The minimum absolute atomic E-state index is 0.223. The molecular weight excluding hydrogens is 588 g/mol. The van der Waals surface area contributed by atoms with Crippen LogP contribution in [0.3, 0.4) is 0 Å². The largest absolute Gasteiger partial charge is 0.278 e. The van der Waals surface area contributed by atoms with E-state index < -0.39 is 11.8 Å². The maximum absolute atomic E-state index is 14.1. The molecule has 2 unspecified atom stereocenters. The van der Waals surface area contributed by atoms with Gasteiger partial charge in [0.15, 0.2) is 0 Å². The zero-order valence-electron chi connectivity index (χ0n) is 27.7. The molecule has 0 aliphatic carbocycles. The highest BCUT2D eigenvalue weighted by Gasteiger charge is 2.38. The van der Waals surface area contributed by atoms with Crippen LogP contribution < -0.4 is 0 Å². The number of amides is 4. The topological polar surface area (TPSA) is 122 Å². The van der Waals surface area contributed by atoms with E-state index in [4.69, 9.17) is 0 Å². The van der Waals surface area contributed by atoms with Gasteiger partial charge in [-0.05, 0) is 90.8 Å². The number of rotatable bonds is 8. The van der Waals surface area contributed by atoms with Gasteiger partial charge in [-0.25, -0.2) is 0 Å². The molecule has 0 N–H and O–H groups in total. The summed E-state index contributed by atoms with van der Waals surface area (Å²) in [5.41, 5.74) is 2.14. The minimum atomic E-state index is -0.500. The van der Waals surface area contributed by atoms with Gasteiger partial charge >= 0.3 is 0 Å². The van der Waals surface area contributed by atoms with Crippen molar-refractivity contribution in [2.24, 2.45) is 11.8 Å². The summed E-state index contributed by atoms with van der Waals surface area (Å²) < 4.78 is 0. The van der Waals surface area contributed by atoms with Gasteiger partial charge in [0, 0.05) is 44.8 Å². The number of fused-ring (bicyclic) bond motifs is 2. The number of imide groups is 2. The van der Waals surface area contributed by atoms with Crippen LogP contribution in [-0.2, 0) is 4.79 Å². The van der Waals surface area contributed by atoms with Crippen LogP contribution in [0.1, 0.15) is 102 Å². The second-order valence-corrected chi connectivity index (χ2v) is 13.8. The van der Waals surface area contributed by atoms with Crippen LogP contribution in [0.25, 0.3) is 43.1 Å². The second-order valence-electron chi connectivity index (χ2n) is 13.8. The first-order valence-electron chi connectivity index (χ1n) is 16.1. The number of benzene rings is 5.